The van der Waals surface area contributed by atoms with Crippen LogP contribution in [0, 0.1) is 0 Å². The standard InChI is InChI=1S/C15H17F7O3S.Na/c16-13(17,9-3-1-2-4-10-14(18,19)20)15(21,22)11-5-7-12(8-6-11)26(23,24)25;/h5-8H,1-4,9-10H2,(H,23,24,25);/q;+1/p-1. The molecule has 1 aromatic carbocycles. The molecule has 150 valence electrons. The topological polar surface area (TPSA) is 57.2 Å². The first-order chi connectivity index (χ1) is 11.7. The largest absolute Gasteiger partial charge is 1.00 e. The van der Waals surface area contributed by atoms with Gasteiger partial charge in [0.1, 0.15) is 10.1 Å². The Morgan fingerprint density at radius 3 is 1.63 bits per heavy atom. The fourth-order valence-electron chi connectivity index (χ4n) is 2.23. The van der Waals surface area contributed by atoms with Gasteiger partial charge in [0, 0.05) is 18.4 Å². The SMILES string of the molecule is O=S(=O)([O-])c1ccc(C(F)(F)C(F)(F)CCCCCCC(F)(F)F)cc1.[Na+]. The molecule has 27 heavy (non-hydrogen) atoms. The zero-order chi connectivity index (χ0) is 20.2. The second-order valence-electron chi connectivity index (χ2n) is 5.79. The second-order valence-corrected chi connectivity index (χ2v) is 7.17. The van der Waals surface area contributed by atoms with Gasteiger partial charge in [-0.05, 0) is 25.0 Å². The molecule has 1 aromatic rings. The zero-order valence-electron chi connectivity index (χ0n) is 14.3. The van der Waals surface area contributed by atoms with E-state index in [2.05, 4.69) is 0 Å². The summed E-state index contributed by atoms with van der Waals surface area (Å²) >= 11 is 0. The zero-order valence-corrected chi connectivity index (χ0v) is 17.1. The van der Waals surface area contributed by atoms with E-state index in [4.69, 9.17) is 0 Å². The number of hydrogen-bond donors (Lipinski definition) is 0. The van der Waals surface area contributed by atoms with Gasteiger partial charge in [0.05, 0.1) is 4.90 Å². The summed E-state index contributed by atoms with van der Waals surface area (Å²) in [4.78, 5) is -0.829. The first-order valence-electron chi connectivity index (χ1n) is 7.56. The molecule has 0 aliphatic rings. The monoisotopic (exact) mass is 432 g/mol. The quantitative estimate of drug-likeness (QED) is 0.260. The molecule has 0 unspecified atom stereocenters. The number of unbranched alkanes of at least 4 members (excludes halogenated alkanes) is 3. The molecule has 0 aliphatic carbocycles. The second kappa shape index (κ2) is 9.91. The molecule has 0 amide bonds. The summed E-state index contributed by atoms with van der Waals surface area (Å²) in [5, 5.41) is 0. The smallest absolute Gasteiger partial charge is 0.744 e. The van der Waals surface area contributed by atoms with Crippen molar-refractivity contribution in [2.45, 2.75) is 61.4 Å². The van der Waals surface area contributed by atoms with Gasteiger partial charge in [0.15, 0.2) is 0 Å². The van der Waals surface area contributed by atoms with Gasteiger partial charge in [-0.1, -0.05) is 25.0 Å². The summed E-state index contributed by atoms with van der Waals surface area (Å²) in [6, 6.07) is 1.89. The summed E-state index contributed by atoms with van der Waals surface area (Å²) in [6.45, 7) is 0. The molecular formula is C15H16F7NaO3S. The fraction of sp³-hybridized carbons (Fsp3) is 0.600. The molecule has 0 aromatic heterocycles. The van der Waals surface area contributed by atoms with Crippen LogP contribution >= 0.6 is 0 Å². The number of alkyl halides is 7. The third kappa shape index (κ3) is 8.26. The van der Waals surface area contributed by atoms with Gasteiger partial charge in [-0.3, -0.25) is 0 Å². The molecule has 12 heteroatoms. The van der Waals surface area contributed by atoms with Crippen LogP contribution in [0.5, 0.6) is 0 Å². The molecule has 0 saturated carbocycles. The van der Waals surface area contributed by atoms with Gasteiger partial charge in [-0.2, -0.15) is 30.7 Å². The van der Waals surface area contributed by atoms with E-state index in [0.29, 0.717) is 24.3 Å². The Hall–Kier alpha value is -0.360. The summed E-state index contributed by atoms with van der Waals surface area (Å²) in [5.74, 6) is -9.10. The Bertz CT molecular complexity index is 688. The Morgan fingerprint density at radius 2 is 1.22 bits per heavy atom. The summed E-state index contributed by atoms with van der Waals surface area (Å²) in [7, 11) is -4.90. The van der Waals surface area contributed by atoms with Crippen LogP contribution in [0.4, 0.5) is 30.7 Å². The Balaban J connectivity index is 0.00000676. The first-order valence-corrected chi connectivity index (χ1v) is 8.96. The Labute approximate surface area is 174 Å². The third-order valence-electron chi connectivity index (χ3n) is 3.67. The molecular weight excluding hydrogens is 416 g/mol. The predicted molar refractivity (Wildman–Crippen MR) is 77.0 cm³/mol. The third-order valence-corrected chi connectivity index (χ3v) is 4.52. The molecule has 0 aliphatic heterocycles. The molecule has 0 N–H and O–H groups in total. The van der Waals surface area contributed by atoms with Gasteiger partial charge in [-0.25, -0.2) is 8.42 Å². The van der Waals surface area contributed by atoms with Crippen molar-refractivity contribution in [3.63, 3.8) is 0 Å². The molecule has 0 radical (unpaired) electrons. The average molecular weight is 432 g/mol. The van der Waals surface area contributed by atoms with Gasteiger partial charge >= 0.3 is 47.6 Å². The van der Waals surface area contributed by atoms with E-state index in [1.54, 1.807) is 0 Å². The van der Waals surface area contributed by atoms with Crippen LogP contribution in [0.2, 0.25) is 0 Å². The number of rotatable bonds is 9. The first kappa shape index (κ1) is 26.6. The Kier molecular flexibility index (Phi) is 9.77. The number of benzene rings is 1. The molecule has 0 atom stereocenters. The fourth-order valence-corrected chi connectivity index (χ4v) is 2.69. The number of hydrogen-bond acceptors (Lipinski definition) is 3. The van der Waals surface area contributed by atoms with E-state index < -0.39 is 57.9 Å². The van der Waals surface area contributed by atoms with Crippen molar-refractivity contribution >= 4 is 10.1 Å². The summed E-state index contributed by atoms with van der Waals surface area (Å²) in [6.07, 6.45) is -7.39. The van der Waals surface area contributed by atoms with Crippen LogP contribution in [0.15, 0.2) is 29.2 Å². The minimum Gasteiger partial charge on any atom is -0.744 e. The average Bonchev–Trinajstić information content (AvgIpc) is 2.48. The molecule has 1 rings (SSSR count). The van der Waals surface area contributed by atoms with E-state index >= 15 is 0 Å². The maximum absolute atomic E-state index is 14.0. The van der Waals surface area contributed by atoms with Gasteiger partial charge < -0.3 is 4.55 Å². The van der Waals surface area contributed by atoms with Gasteiger partial charge in [0.25, 0.3) is 0 Å². The van der Waals surface area contributed by atoms with Crippen molar-refractivity contribution in [2.24, 2.45) is 0 Å². The van der Waals surface area contributed by atoms with E-state index in [9.17, 15) is 43.7 Å². The maximum Gasteiger partial charge on any atom is 1.00 e. The van der Waals surface area contributed by atoms with Crippen molar-refractivity contribution < 1.29 is 73.3 Å². The van der Waals surface area contributed by atoms with E-state index in [1.807, 2.05) is 0 Å². The summed E-state index contributed by atoms with van der Waals surface area (Å²) in [5.41, 5.74) is -1.16. The molecule has 0 fully saturated rings. The van der Waals surface area contributed by atoms with Crippen LogP contribution in [0.1, 0.15) is 44.1 Å². The van der Waals surface area contributed by atoms with Crippen LogP contribution in [-0.2, 0) is 16.0 Å². The van der Waals surface area contributed by atoms with Crippen molar-refractivity contribution in [3.05, 3.63) is 29.8 Å². The summed E-state index contributed by atoms with van der Waals surface area (Å²) < 4.78 is 123. The molecule has 0 spiro atoms. The molecule has 0 heterocycles. The Morgan fingerprint density at radius 1 is 0.778 bits per heavy atom. The maximum atomic E-state index is 14.0. The predicted octanol–water partition coefficient (Wildman–Crippen LogP) is 2.22. The minimum atomic E-state index is -4.90. The van der Waals surface area contributed by atoms with E-state index in [0.717, 1.165) is 0 Å². The molecule has 0 bridgehead atoms. The van der Waals surface area contributed by atoms with Crippen molar-refractivity contribution in [1.29, 1.82) is 0 Å². The minimum absolute atomic E-state index is 0. The molecule has 0 saturated heterocycles. The van der Waals surface area contributed by atoms with Crippen LogP contribution < -0.4 is 29.6 Å². The van der Waals surface area contributed by atoms with Crippen LogP contribution in [0.3, 0.4) is 0 Å². The number of halogens is 7. The van der Waals surface area contributed by atoms with E-state index in [-0.39, 0.29) is 48.8 Å². The van der Waals surface area contributed by atoms with Crippen molar-refractivity contribution in [2.75, 3.05) is 0 Å². The van der Waals surface area contributed by atoms with Crippen molar-refractivity contribution in [3.8, 4) is 0 Å². The van der Waals surface area contributed by atoms with Crippen LogP contribution in [0.25, 0.3) is 0 Å². The van der Waals surface area contributed by atoms with Gasteiger partial charge in [-0.15, -0.1) is 0 Å². The molecule has 3 nitrogen and oxygen atoms in total. The van der Waals surface area contributed by atoms with E-state index in [1.165, 1.54) is 0 Å². The van der Waals surface area contributed by atoms with Crippen molar-refractivity contribution in [1.82, 2.24) is 0 Å². The normalized spacial score (nSPS) is 13.3. The van der Waals surface area contributed by atoms with Crippen LogP contribution in [-0.4, -0.2) is 25.1 Å². The van der Waals surface area contributed by atoms with Gasteiger partial charge in [0.2, 0.25) is 0 Å².